The smallest absolute Gasteiger partial charge is 0.226 e. The SMILES string of the molecule is [2H]CC(=O)CNC(=O)C(C)(CC(C)(C)C(=O)NCC(C)O)C(C)C(C)(CC)C(=O)NCC(=O)CB. The van der Waals surface area contributed by atoms with Crippen molar-refractivity contribution in [3.8, 4) is 0 Å². The third-order valence-electron chi connectivity index (χ3n) is 6.95. The van der Waals surface area contributed by atoms with Crippen LogP contribution in [0.5, 0.6) is 0 Å². The standard InChI is InChI=1S/C24H44BN3O6/c1-9-23(7,20(33)28-13-18(31)10-25)17(4)24(8,21(34)27-12-16(3)30)14-22(5,6)19(32)26-11-15(2)29/h15,17,29H,9-14,25H2,1-8H3,(H,26,32)(H,27,34)(H,28,33)/i3D. The van der Waals surface area contributed by atoms with E-state index in [9.17, 15) is 29.1 Å². The highest BCUT2D eigenvalue weighted by Gasteiger charge is 2.53. The normalized spacial score (nSPS) is 17.2. The second-order valence-electron chi connectivity index (χ2n) is 10.3. The summed E-state index contributed by atoms with van der Waals surface area (Å²) >= 11 is 0. The molecule has 34 heavy (non-hydrogen) atoms. The van der Waals surface area contributed by atoms with Crippen LogP contribution in [0.25, 0.3) is 0 Å². The van der Waals surface area contributed by atoms with Gasteiger partial charge >= 0.3 is 0 Å². The minimum atomic E-state index is -1.27. The van der Waals surface area contributed by atoms with Crippen LogP contribution in [-0.4, -0.2) is 68.0 Å². The minimum Gasteiger partial charge on any atom is -0.392 e. The quantitative estimate of drug-likeness (QED) is 0.249. The summed E-state index contributed by atoms with van der Waals surface area (Å²) in [5.41, 5.74) is -3.39. The van der Waals surface area contributed by atoms with Gasteiger partial charge in [-0.15, -0.1) is 0 Å². The molecule has 194 valence electrons. The molecule has 0 saturated carbocycles. The number of carbonyl (C=O) groups excluding carboxylic acids is 5. The van der Waals surface area contributed by atoms with E-state index in [2.05, 4.69) is 16.0 Å². The molecule has 0 radical (unpaired) electrons. The summed E-state index contributed by atoms with van der Waals surface area (Å²) in [6.07, 6.45) is -0.0378. The lowest BCUT2D eigenvalue weighted by Gasteiger charge is -2.46. The number of aliphatic hydroxyl groups is 1. The summed E-state index contributed by atoms with van der Waals surface area (Å²) in [5, 5.41) is 17.5. The molecule has 10 heteroatoms. The zero-order valence-electron chi connectivity index (χ0n) is 23.1. The van der Waals surface area contributed by atoms with Gasteiger partial charge in [0.25, 0.3) is 0 Å². The maximum Gasteiger partial charge on any atom is 0.226 e. The van der Waals surface area contributed by atoms with Crippen molar-refractivity contribution >= 4 is 37.1 Å². The predicted octanol–water partition coefficient (Wildman–Crippen LogP) is 0.400. The van der Waals surface area contributed by atoms with Gasteiger partial charge in [0.2, 0.25) is 17.7 Å². The van der Waals surface area contributed by atoms with E-state index >= 15 is 0 Å². The zero-order valence-corrected chi connectivity index (χ0v) is 22.1. The second kappa shape index (κ2) is 13.0. The van der Waals surface area contributed by atoms with Crippen molar-refractivity contribution in [2.75, 3.05) is 19.6 Å². The molecular formula is C24H44BN3O6. The van der Waals surface area contributed by atoms with Gasteiger partial charge in [-0.05, 0) is 38.9 Å². The molecule has 4 unspecified atom stereocenters. The predicted molar refractivity (Wildman–Crippen MR) is 134 cm³/mol. The molecule has 0 aromatic rings. The van der Waals surface area contributed by atoms with Gasteiger partial charge in [0.1, 0.15) is 19.4 Å². The van der Waals surface area contributed by atoms with E-state index in [-0.39, 0.29) is 43.7 Å². The molecule has 0 heterocycles. The van der Waals surface area contributed by atoms with E-state index in [0.29, 0.717) is 12.7 Å². The summed E-state index contributed by atoms with van der Waals surface area (Å²) in [6.45, 7) is 11.0. The van der Waals surface area contributed by atoms with Crippen molar-refractivity contribution in [3.05, 3.63) is 0 Å². The Morgan fingerprint density at radius 2 is 1.44 bits per heavy atom. The molecule has 0 spiro atoms. The summed E-state index contributed by atoms with van der Waals surface area (Å²) < 4.78 is 7.20. The largest absolute Gasteiger partial charge is 0.392 e. The lowest BCUT2D eigenvalue weighted by molar-refractivity contribution is -0.149. The second-order valence-corrected chi connectivity index (χ2v) is 10.3. The third-order valence-corrected chi connectivity index (χ3v) is 6.95. The number of Topliss-reactive ketones (excluding diaryl/α,β-unsaturated/α-hetero) is 2. The Balaban J connectivity index is 6.23. The van der Waals surface area contributed by atoms with Crippen LogP contribution in [0.15, 0.2) is 0 Å². The van der Waals surface area contributed by atoms with Crippen LogP contribution in [-0.2, 0) is 24.0 Å². The van der Waals surface area contributed by atoms with Crippen LogP contribution in [0.2, 0.25) is 6.32 Å². The molecule has 0 fully saturated rings. The van der Waals surface area contributed by atoms with Crippen molar-refractivity contribution < 1.29 is 30.4 Å². The maximum atomic E-state index is 13.5. The van der Waals surface area contributed by atoms with Crippen LogP contribution in [0, 0.1) is 22.2 Å². The fourth-order valence-electron chi connectivity index (χ4n) is 4.16. The topological polar surface area (TPSA) is 142 Å². The Bertz CT molecular complexity index is 791. The number of nitrogens with one attached hydrogen (secondary N) is 3. The highest BCUT2D eigenvalue weighted by atomic mass is 16.3. The number of amides is 3. The molecule has 0 aromatic heterocycles. The Hall–Kier alpha value is -2.23. The van der Waals surface area contributed by atoms with Crippen LogP contribution in [0.1, 0.15) is 69.6 Å². The van der Waals surface area contributed by atoms with Gasteiger partial charge in [0.05, 0.1) is 24.6 Å². The van der Waals surface area contributed by atoms with E-state index < -0.39 is 46.9 Å². The number of rotatable bonds is 15. The molecule has 0 aliphatic carbocycles. The summed E-state index contributed by atoms with van der Waals surface area (Å²) in [6, 6.07) is 0. The summed E-state index contributed by atoms with van der Waals surface area (Å²) in [7, 11) is 1.71. The number of carbonyl (C=O) groups is 5. The highest BCUT2D eigenvalue weighted by Crippen LogP contribution is 2.49. The summed E-state index contributed by atoms with van der Waals surface area (Å²) in [5.74, 6) is -2.41. The fraction of sp³-hybridized carbons (Fsp3) is 0.792. The monoisotopic (exact) mass is 482 g/mol. The van der Waals surface area contributed by atoms with E-state index in [1.165, 1.54) is 0 Å². The third kappa shape index (κ3) is 8.53. The average Bonchev–Trinajstić information content (AvgIpc) is 2.81. The van der Waals surface area contributed by atoms with E-state index in [1.807, 2.05) is 6.92 Å². The van der Waals surface area contributed by atoms with Crippen LogP contribution in [0.3, 0.4) is 0 Å². The van der Waals surface area contributed by atoms with Gasteiger partial charge in [0, 0.05) is 18.7 Å². The first kappa shape index (κ1) is 29.8. The van der Waals surface area contributed by atoms with Crippen LogP contribution >= 0.6 is 0 Å². The molecule has 0 aliphatic heterocycles. The van der Waals surface area contributed by atoms with Crippen molar-refractivity contribution in [1.82, 2.24) is 16.0 Å². The Kier molecular flexibility index (Phi) is 11.4. The molecule has 9 nitrogen and oxygen atoms in total. The molecule has 0 saturated heterocycles. The van der Waals surface area contributed by atoms with E-state index in [0.717, 1.165) is 0 Å². The lowest BCUT2D eigenvalue weighted by atomic mass is 9.57. The van der Waals surface area contributed by atoms with Gasteiger partial charge in [-0.2, -0.15) is 0 Å². The fourth-order valence-corrected chi connectivity index (χ4v) is 4.16. The number of hydrogen-bond donors (Lipinski definition) is 4. The molecule has 0 rings (SSSR count). The molecule has 4 atom stereocenters. The van der Waals surface area contributed by atoms with Gasteiger partial charge in [-0.1, -0.05) is 41.5 Å². The van der Waals surface area contributed by atoms with E-state index in [1.54, 1.807) is 49.4 Å². The zero-order chi connectivity index (χ0) is 27.6. The van der Waals surface area contributed by atoms with Crippen molar-refractivity contribution in [1.29, 1.82) is 0 Å². The molecule has 3 amide bonds. The van der Waals surface area contributed by atoms with Crippen molar-refractivity contribution in [2.45, 2.75) is 80.6 Å². The first-order chi connectivity index (χ1) is 16.0. The lowest BCUT2D eigenvalue weighted by Crippen LogP contribution is -2.56. The molecular weight excluding hydrogens is 437 g/mol. The molecule has 0 aliphatic rings. The number of aliphatic hydroxyl groups excluding tert-OH is 1. The van der Waals surface area contributed by atoms with Gasteiger partial charge < -0.3 is 21.1 Å². The minimum absolute atomic E-state index is 0.0461. The van der Waals surface area contributed by atoms with Gasteiger partial charge in [-0.3, -0.25) is 24.0 Å². The first-order valence-corrected chi connectivity index (χ1v) is 11.9. The van der Waals surface area contributed by atoms with Crippen molar-refractivity contribution in [3.63, 3.8) is 0 Å². The van der Waals surface area contributed by atoms with Crippen LogP contribution in [0.4, 0.5) is 0 Å². The molecule has 4 N–H and O–H groups in total. The number of hydrogen-bond acceptors (Lipinski definition) is 6. The summed E-state index contributed by atoms with van der Waals surface area (Å²) in [4.78, 5) is 63.1. The van der Waals surface area contributed by atoms with Crippen molar-refractivity contribution in [2.24, 2.45) is 22.2 Å². The molecule has 0 aromatic carbocycles. The van der Waals surface area contributed by atoms with Crippen LogP contribution < -0.4 is 16.0 Å². The Labute approximate surface area is 206 Å². The number of ketones is 2. The highest BCUT2D eigenvalue weighted by molar-refractivity contribution is 6.20. The Morgan fingerprint density at radius 1 is 0.912 bits per heavy atom. The van der Waals surface area contributed by atoms with Gasteiger partial charge in [-0.25, -0.2) is 0 Å². The van der Waals surface area contributed by atoms with E-state index in [4.69, 9.17) is 1.37 Å². The molecule has 0 bridgehead atoms. The average molecular weight is 482 g/mol. The maximum absolute atomic E-state index is 13.5. The Morgan fingerprint density at radius 3 is 1.91 bits per heavy atom. The van der Waals surface area contributed by atoms with Gasteiger partial charge in [0.15, 0.2) is 0 Å². The first-order valence-electron chi connectivity index (χ1n) is 12.6.